The molecule has 0 aromatic heterocycles. The number of piperidine rings is 1. The standard InChI is InChI=1S/C11H13F2N/c12-10-4-1-3-9(7-10)11(13)5-2-6-14-8-11/h1,3-4,7,14H,2,5-6,8H2. The highest BCUT2D eigenvalue weighted by Gasteiger charge is 2.33. The zero-order valence-corrected chi connectivity index (χ0v) is 7.89. The maximum Gasteiger partial charge on any atom is 0.148 e. The summed E-state index contributed by atoms with van der Waals surface area (Å²) in [6, 6.07) is 5.83. The molecule has 1 saturated heterocycles. The Kier molecular flexibility index (Phi) is 2.50. The van der Waals surface area contributed by atoms with Gasteiger partial charge in [-0.3, -0.25) is 0 Å². The largest absolute Gasteiger partial charge is 0.313 e. The predicted octanol–water partition coefficient (Wildman–Crippen LogP) is 2.37. The molecular weight excluding hydrogens is 184 g/mol. The van der Waals surface area contributed by atoms with Crippen molar-refractivity contribution in [3.05, 3.63) is 35.6 Å². The third kappa shape index (κ3) is 1.77. The molecule has 2 rings (SSSR count). The molecule has 1 aliphatic rings. The molecule has 1 heterocycles. The van der Waals surface area contributed by atoms with Gasteiger partial charge in [0.15, 0.2) is 0 Å². The normalized spacial score (nSPS) is 27.6. The molecule has 0 bridgehead atoms. The summed E-state index contributed by atoms with van der Waals surface area (Å²) >= 11 is 0. The maximum absolute atomic E-state index is 14.3. The molecule has 1 aromatic carbocycles. The van der Waals surface area contributed by atoms with Crippen LogP contribution in [0, 0.1) is 5.82 Å². The summed E-state index contributed by atoms with van der Waals surface area (Å²) in [7, 11) is 0. The van der Waals surface area contributed by atoms with Crippen LogP contribution in [0.2, 0.25) is 0 Å². The van der Waals surface area contributed by atoms with Crippen LogP contribution in [0.4, 0.5) is 8.78 Å². The fraction of sp³-hybridized carbons (Fsp3) is 0.455. The minimum Gasteiger partial charge on any atom is -0.313 e. The molecule has 1 N–H and O–H groups in total. The molecule has 1 unspecified atom stereocenters. The molecule has 0 saturated carbocycles. The van der Waals surface area contributed by atoms with Gasteiger partial charge in [0.2, 0.25) is 0 Å². The zero-order valence-electron chi connectivity index (χ0n) is 7.89. The van der Waals surface area contributed by atoms with Crippen LogP contribution in [0.5, 0.6) is 0 Å². The van der Waals surface area contributed by atoms with Crippen molar-refractivity contribution in [1.82, 2.24) is 5.32 Å². The lowest BCUT2D eigenvalue weighted by Crippen LogP contribution is -2.40. The Bertz CT molecular complexity index is 319. The summed E-state index contributed by atoms with van der Waals surface area (Å²) in [5, 5.41) is 3.00. The van der Waals surface area contributed by atoms with E-state index in [2.05, 4.69) is 5.32 Å². The summed E-state index contributed by atoms with van der Waals surface area (Å²) in [5.41, 5.74) is -0.940. The molecule has 1 fully saturated rings. The summed E-state index contributed by atoms with van der Waals surface area (Å²) in [4.78, 5) is 0. The van der Waals surface area contributed by atoms with E-state index in [4.69, 9.17) is 0 Å². The Hall–Kier alpha value is -0.960. The highest BCUT2D eigenvalue weighted by molar-refractivity contribution is 5.24. The van der Waals surface area contributed by atoms with Crippen LogP contribution in [0.1, 0.15) is 18.4 Å². The van der Waals surface area contributed by atoms with E-state index in [1.54, 1.807) is 12.1 Å². The van der Waals surface area contributed by atoms with E-state index in [1.807, 2.05) is 0 Å². The molecular formula is C11H13F2N. The number of hydrogen-bond donors (Lipinski definition) is 1. The third-order valence-corrected chi connectivity index (χ3v) is 2.67. The fourth-order valence-electron chi connectivity index (χ4n) is 1.88. The van der Waals surface area contributed by atoms with Crippen LogP contribution < -0.4 is 5.32 Å². The molecule has 0 spiro atoms. The van der Waals surface area contributed by atoms with Crippen LogP contribution in [0.15, 0.2) is 24.3 Å². The van der Waals surface area contributed by atoms with Crippen molar-refractivity contribution in [3.8, 4) is 0 Å². The molecule has 0 aliphatic carbocycles. The van der Waals surface area contributed by atoms with Gasteiger partial charge in [-0.15, -0.1) is 0 Å². The Morgan fingerprint density at radius 2 is 2.21 bits per heavy atom. The maximum atomic E-state index is 14.3. The van der Waals surface area contributed by atoms with Crippen molar-refractivity contribution in [3.63, 3.8) is 0 Å². The lowest BCUT2D eigenvalue weighted by Gasteiger charge is -2.30. The van der Waals surface area contributed by atoms with Crippen molar-refractivity contribution < 1.29 is 8.78 Å². The molecule has 1 aliphatic heterocycles. The third-order valence-electron chi connectivity index (χ3n) is 2.67. The quantitative estimate of drug-likeness (QED) is 0.728. The minimum atomic E-state index is -1.39. The number of halogens is 2. The van der Waals surface area contributed by atoms with Crippen LogP contribution in [-0.4, -0.2) is 13.1 Å². The monoisotopic (exact) mass is 197 g/mol. The van der Waals surface area contributed by atoms with E-state index in [0.29, 0.717) is 12.0 Å². The number of hydrogen-bond acceptors (Lipinski definition) is 1. The van der Waals surface area contributed by atoms with Gasteiger partial charge in [0.05, 0.1) is 0 Å². The van der Waals surface area contributed by atoms with E-state index in [9.17, 15) is 8.78 Å². The van der Waals surface area contributed by atoms with Crippen molar-refractivity contribution in [2.24, 2.45) is 0 Å². The Morgan fingerprint density at radius 3 is 2.86 bits per heavy atom. The van der Waals surface area contributed by atoms with Gasteiger partial charge in [-0.1, -0.05) is 12.1 Å². The molecule has 76 valence electrons. The van der Waals surface area contributed by atoms with E-state index in [-0.39, 0.29) is 12.4 Å². The Morgan fingerprint density at radius 1 is 1.36 bits per heavy atom. The van der Waals surface area contributed by atoms with Crippen LogP contribution in [0.3, 0.4) is 0 Å². The molecule has 0 radical (unpaired) electrons. The van der Waals surface area contributed by atoms with Gasteiger partial charge in [0, 0.05) is 6.54 Å². The van der Waals surface area contributed by atoms with E-state index in [1.165, 1.54) is 12.1 Å². The van der Waals surface area contributed by atoms with Crippen molar-refractivity contribution in [2.45, 2.75) is 18.5 Å². The summed E-state index contributed by atoms with van der Waals surface area (Å²) in [6.07, 6.45) is 1.27. The summed E-state index contributed by atoms with van der Waals surface area (Å²) in [6.45, 7) is 1.14. The van der Waals surface area contributed by atoms with Crippen LogP contribution in [-0.2, 0) is 5.67 Å². The van der Waals surface area contributed by atoms with Gasteiger partial charge in [0.1, 0.15) is 11.5 Å². The highest BCUT2D eigenvalue weighted by atomic mass is 19.1. The average Bonchev–Trinajstić information content (AvgIpc) is 2.19. The van der Waals surface area contributed by atoms with Crippen molar-refractivity contribution in [1.29, 1.82) is 0 Å². The molecule has 1 aromatic rings. The second-order valence-electron chi connectivity index (χ2n) is 3.76. The topological polar surface area (TPSA) is 12.0 Å². The number of alkyl halides is 1. The molecule has 0 amide bonds. The lowest BCUT2D eigenvalue weighted by molar-refractivity contribution is 0.121. The van der Waals surface area contributed by atoms with Crippen molar-refractivity contribution in [2.75, 3.05) is 13.1 Å². The first-order valence-corrected chi connectivity index (χ1v) is 4.86. The smallest absolute Gasteiger partial charge is 0.148 e. The SMILES string of the molecule is Fc1cccc(C2(F)CCCNC2)c1. The number of nitrogens with one attached hydrogen (secondary N) is 1. The lowest BCUT2D eigenvalue weighted by atomic mass is 9.88. The van der Waals surface area contributed by atoms with Gasteiger partial charge in [-0.25, -0.2) is 8.78 Å². The minimum absolute atomic E-state index is 0.288. The number of rotatable bonds is 1. The Labute approximate surface area is 82.1 Å². The first-order valence-electron chi connectivity index (χ1n) is 4.86. The van der Waals surface area contributed by atoms with Gasteiger partial charge in [0.25, 0.3) is 0 Å². The highest BCUT2D eigenvalue weighted by Crippen LogP contribution is 2.32. The summed E-state index contributed by atoms with van der Waals surface area (Å²) in [5.74, 6) is -0.370. The van der Waals surface area contributed by atoms with Gasteiger partial charge in [-0.2, -0.15) is 0 Å². The molecule has 1 atom stereocenters. The zero-order chi connectivity index (χ0) is 10.0. The molecule has 1 nitrogen and oxygen atoms in total. The van der Waals surface area contributed by atoms with Gasteiger partial charge in [-0.05, 0) is 37.1 Å². The summed E-state index contributed by atoms with van der Waals surface area (Å²) < 4.78 is 27.2. The first-order chi connectivity index (χ1) is 6.71. The predicted molar refractivity (Wildman–Crippen MR) is 51.3 cm³/mol. The first kappa shape index (κ1) is 9.59. The van der Waals surface area contributed by atoms with Gasteiger partial charge >= 0.3 is 0 Å². The van der Waals surface area contributed by atoms with E-state index in [0.717, 1.165) is 13.0 Å². The van der Waals surface area contributed by atoms with E-state index < -0.39 is 5.67 Å². The van der Waals surface area contributed by atoms with Crippen molar-refractivity contribution >= 4 is 0 Å². The molecule has 14 heavy (non-hydrogen) atoms. The Balaban J connectivity index is 2.28. The van der Waals surface area contributed by atoms with Gasteiger partial charge < -0.3 is 5.32 Å². The molecule has 3 heteroatoms. The van der Waals surface area contributed by atoms with E-state index >= 15 is 0 Å². The second kappa shape index (κ2) is 3.65. The fourth-order valence-corrected chi connectivity index (χ4v) is 1.88. The van der Waals surface area contributed by atoms with Crippen LogP contribution >= 0.6 is 0 Å². The average molecular weight is 197 g/mol. The second-order valence-corrected chi connectivity index (χ2v) is 3.76. The number of benzene rings is 1. The van der Waals surface area contributed by atoms with Crippen LogP contribution in [0.25, 0.3) is 0 Å².